The maximum Gasteiger partial charge on any atom is 0.244 e. The van der Waals surface area contributed by atoms with Crippen LogP contribution in [-0.2, 0) is 16.6 Å². The molecule has 0 bridgehead atoms. The summed E-state index contributed by atoms with van der Waals surface area (Å²) in [5.41, 5.74) is 0.233. The summed E-state index contributed by atoms with van der Waals surface area (Å²) in [4.78, 5) is 1.97. The summed E-state index contributed by atoms with van der Waals surface area (Å²) < 4.78 is 27.1. The van der Waals surface area contributed by atoms with E-state index in [2.05, 4.69) is 14.9 Å². The second-order valence-electron chi connectivity index (χ2n) is 5.31. The predicted octanol–water partition coefficient (Wildman–Crippen LogP) is -0.171. The summed E-state index contributed by atoms with van der Waals surface area (Å²) in [5.74, 6) is 0. The molecule has 0 aliphatic rings. The number of nitrogens with one attached hydrogen (secondary N) is 2. The van der Waals surface area contributed by atoms with Crippen molar-refractivity contribution in [3.63, 3.8) is 0 Å². The van der Waals surface area contributed by atoms with E-state index in [9.17, 15) is 8.42 Å². The van der Waals surface area contributed by atoms with Gasteiger partial charge in [-0.25, -0.2) is 13.1 Å². The van der Waals surface area contributed by atoms with Crippen LogP contribution in [0, 0.1) is 6.92 Å². The predicted molar refractivity (Wildman–Crippen MR) is 72.2 cm³/mol. The Morgan fingerprint density at radius 1 is 1.42 bits per heavy atom. The highest BCUT2D eigenvalue weighted by Crippen LogP contribution is 2.18. The number of rotatable bonds is 6. The summed E-state index contributed by atoms with van der Waals surface area (Å²) in [7, 11) is 0.0834. The molecule has 8 heteroatoms. The van der Waals surface area contributed by atoms with Gasteiger partial charge >= 0.3 is 0 Å². The van der Waals surface area contributed by atoms with Gasteiger partial charge in [0.25, 0.3) is 0 Å². The fourth-order valence-corrected chi connectivity index (χ4v) is 2.99. The molecule has 110 valence electrons. The van der Waals surface area contributed by atoms with E-state index in [1.165, 1.54) is 0 Å². The maximum absolute atomic E-state index is 12.3. The van der Waals surface area contributed by atoms with Crippen LogP contribution in [0.3, 0.4) is 0 Å². The average Bonchev–Trinajstić information content (AvgIpc) is 2.68. The molecule has 7 nitrogen and oxygen atoms in total. The van der Waals surface area contributed by atoms with Crippen molar-refractivity contribution in [1.29, 1.82) is 0 Å². The number of likely N-dealkylation sites (N-methyl/N-ethyl adjacent to an activating group) is 1. The normalized spacial score (nSPS) is 13.2. The monoisotopic (exact) mass is 290 g/mol. The Labute approximate surface area is 114 Å². The van der Waals surface area contributed by atoms with Gasteiger partial charge in [0.05, 0.1) is 12.3 Å². The summed E-state index contributed by atoms with van der Waals surface area (Å²) in [6.45, 7) is 5.32. The highest BCUT2D eigenvalue weighted by molar-refractivity contribution is 7.89. The van der Waals surface area contributed by atoms with Gasteiger partial charge in [-0.15, -0.1) is 0 Å². The van der Waals surface area contributed by atoms with Gasteiger partial charge in [0, 0.05) is 12.1 Å². The maximum atomic E-state index is 12.3. The van der Waals surface area contributed by atoms with E-state index < -0.39 is 16.6 Å². The molecule has 0 unspecified atom stereocenters. The van der Waals surface area contributed by atoms with Crippen LogP contribution in [0.1, 0.15) is 25.2 Å². The van der Waals surface area contributed by atoms with Crippen molar-refractivity contribution in [1.82, 2.24) is 19.8 Å². The van der Waals surface area contributed by atoms with Crippen molar-refractivity contribution in [2.75, 3.05) is 20.6 Å². The average molecular weight is 290 g/mol. The third-order valence-electron chi connectivity index (χ3n) is 3.29. The highest BCUT2D eigenvalue weighted by atomic mass is 32.2. The molecule has 0 saturated heterocycles. The summed E-state index contributed by atoms with van der Waals surface area (Å²) in [6, 6.07) is 0. The molecule has 0 spiro atoms. The summed E-state index contributed by atoms with van der Waals surface area (Å²) in [6.07, 6.45) is 0. The fraction of sp³-hybridized carbons (Fsp3) is 0.727. The molecule has 0 radical (unpaired) electrons. The second kappa shape index (κ2) is 5.58. The van der Waals surface area contributed by atoms with Gasteiger partial charge in [-0.2, -0.15) is 5.10 Å². The Hall–Kier alpha value is -0.960. The van der Waals surface area contributed by atoms with Gasteiger partial charge in [-0.3, -0.25) is 5.10 Å². The third kappa shape index (κ3) is 3.53. The molecule has 0 amide bonds. The quantitative estimate of drug-likeness (QED) is 0.675. The largest absolute Gasteiger partial charge is 0.390 e. The van der Waals surface area contributed by atoms with Gasteiger partial charge in [0.1, 0.15) is 10.6 Å². The van der Waals surface area contributed by atoms with E-state index in [4.69, 9.17) is 5.11 Å². The van der Waals surface area contributed by atoms with Crippen LogP contribution in [0.5, 0.6) is 0 Å². The van der Waals surface area contributed by atoms with E-state index in [0.29, 0.717) is 5.69 Å². The summed E-state index contributed by atoms with van der Waals surface area (Å²) >= 11 is 0. The first-order valence-electron chi connectivity index (χ1n) is 5.93. The Balaban J connectivity index is 2.97. The smallest absolute Gasteiger partial charge is 0.244 e. The molecule has 0 fully saturated rings. The first kappa shape index (κ1) is 16.1. The number of sulfonamides is 1. The van der Waals surface area contributed by atoms with E-state index in [0.717, 1.165) is 0 Å². The van der Waals surface area contributed by atoms with E-state index in [-0.39, 0.29) is 22.7 Å². The van der Waals surface area contributed by atoms with Crippen LogP contribution in [0.15, 0.2) is 4.90 Å². The number of aliphatic hydroxyl groups excluding tert-OH is 1. The van der Waals surface area contributed by atoms with Crippen LogP contribution in [-0.4, -0.2) is 54.8 Å². The molecule has 0 aromatic carbocycles. The number of hydrogen-bond acceptors (Lipinski definition) is 5. The number of hydrogen-bond donors (Lipinski definition) is 3. The molecule has 0 aliphatic heterocycles. The van der Waals surface area contributed by atoms with Crippen molar-refractivity contribution in [2.45, 2.75) is 37.8 Å². The Morgan fingerprint density at radius 3 is 2.47 bits per heavy atom. The van der Waals surface area contributed by atoms with Crippen molar-refractivity contribution < 1.29 is 13.5 Å². The third-order valence-corrected chi connectivity index (χ3v) is 4.89. The minimum atomic E-state index is -3.69. The second-order valence-corrected chi connectivity index (χ2v) is 7.02. The first-order chi connectivity index (χ1) is 8.62. The number of H-pyrrole nitrogens is 1. The van der Waals surface area contributed by atoms with Crippen LogP contribution in [0.2, 0.25) is 0 Å². The van der Waals surface area contributed by atoms with Crippen molar-refractivity contribution >= 4 is 10.0 Å². The number of aromatic amines is 1. The molecule has 19 heavy (non-hydrogen) atoms. The molecular formula is C11H22N4O3S. The molecule has 1 heterocycles. The Bertz CT molecular complexity index is 534. The molecule has 0 saturated carbocycles. The fourth-order valence-electron chi connectivity index (χ4n) is 1.44. The highest BCUT2D eigenvalue weighted by Gasteiger charge is 2.28. The van der Waals surface area contributed by atoms with Gasteiger partial charge in [0.2, 0.25) is 10.0 Å². The summed E-state index contributed by atoms with van der Waals surface area (Å²) in [5, 5.41) is 15.5. The standard InChI is InChI=1S/C11H22N4O3S/c1-8-10(9(6-16)14-13-8)19(17,18)12-7-11(2,3)15(4)5/h12,16H,6-7H2,1-5H3,(H,13,14). The molecule has 3 N–H and O–H groups in total. The zero-order valence-electron chi connectivity index (χ0n) is 12.0. The van der Waals surface area contributed by atoms with Crippen molar-refractivity contribution in [2.24, 2.45) is 0 Å². The van der Waals surface area contributed by atoms with Crippen LogP contribution >= 0.6 is 0 Å². The van der Waals surface area contributed by atoms with E-state index >= 15 is 0 Å². The van der Waals surface area contributed by atoms with Crippen LogP contribution < -0.4 is 4.72 Å². The lowest BCUT2D eigenvalue weighted by molar-refractivity contribution is 0.198. The van der Waals surface area contributed by atoms with Crippen LogP contribution in [0.4, 0.5) is 0 Å². The van der Waals surface area contributed by atoms with Gasteiger partial charge in [-0.1, -0.05) is 0 Å². The SMILES string of the molecule is Cc1[nH]nc(CO)c1S(=O)(=O)NCC(C)(C)N(C)C. The lowest BCUT2D eigenvalue weighted by atomic mass is 10.1. The Kier molecular flexibility index (Phi) is 4.72. The van der Waals surface area contributed by atoms with Gasteiger partial charge in [0.15, 0.2) is 0 Å². The Morgan fingerprint density at radius 2 is 2.00 bits per heavy atom. The number of aryl methyl sites for hydroxylation is 1. The zero-order chi connectivity index (χ0) is 14.8. The molecule has 0 atom stereocenters. The number of aromatic nitrogens is 2. The van der Waals surface area contributed by atoms with Crippen LogP contribution in [0.25, 0.3) is 0 Å². The first-order valence-corrected chi connectivity index (χ1v) is 7.42. The lowest BCUT2D eigenvalue weighted by Gasteiger charge is -2.32. The minimum Gasteiger partial charge on any atom is -0.390 e. The molecule has 1 aromatic heterocycles. The van der Waals surface area contributed by atoms with Crippen molar-refractivity contribution in [3.8, 4) is 0 Å². The molecular weight excluding hydrogens is 268 g/mol. The van der Waals surface area contributed by atoms with E-state index in [1.807, 2.05) is 32.8 Å². The van der Waals surface area contributed by atoms with Gasteiger partial charge < -0.3 is 10.0 Å². The molecule has 0 aliphatic carbocycles. The molecule has 1 rings (SSSR count). The number of aliphatic hydroxyl groups is 1. The molecule has 1 aromatic rings. The number of nitrogens with zero attached hydrogens (tertiary/aromatic N) is 2. The zero-order valence-corrected chi connectivity index (χ0v) is 12.8. The van der Waals surface area contributed by atoms with E-state index in [1.54, 1.807) is 6.92 Å². The minimum absolute atomic E-state index is 0.0320. The van der Waals surface area contributed by atoms with Crippen molar-refractivity contribution in [3.05, 3.63) is 11.4 Å². The topological polar surface area (TPSA) is 98.3 Å². The van der Waals surface area contributed by atoms with Gasteiger partial charge in [-0.05, 0) is 34.9 Å². The lowest BCUT2D eigenvalue weighted by Crippen LogP contribution is -2.48.